The molecule has 2 heterocycles. The molecular formula is C12H14N2OS2. The molecular weight excluding hydrogens is 252 g/mol. The summed E-state index contributed by atoms with van der Waals surface area (Å²) in [6.45, 7) is 1.87. The Morgan fingerprint density at radius 1 is 1.53 bits per heavy atom. The summed E-state index contributed by atoms with van der Waals surface area (Å²) in [6.07, 6.45) is 1.30. The van der Waals surface area contributed by atoms with Crippen molar-refractivity contribution in [3.8, 4) is 0 Å². The maximum Gasteiger partial charge on any atom is 0.182 e. The van der Waals surface area contributed by atoms with E-state index in [-0.39, 0.29) is 11.8 Å². The molecule has 5 heteroatoms. The Hall–Kier alpha value is -1.04. The fraction of sp³-hybridized carbons (Fsp3) is 0.333. The molecule has 3 nitrogen and oxygen atoms in total. The first kappa shape index (κ1) is 12.4. The minimum atomic E-state index is -0.0987. The van der Waals surface area contributed by atoms with E-state index in [1.807, 2.05) is 18.4 Å². The average Bonchev–Trinajstić information content (AvgIpc) is 2.96. The van der Waals surface area contributed by atoms with Crippen molar-refractivity contribution in [2.24, 2.45) is 5.73 Å². The van der Waals surface area contributed by atoms with Gasteiger partial charge < -0.3 is 5.73 Å². The lowest BCUT2D eigenvalue weighted by atomic mass is 10.1. The zero-order chi connectivity index (χ0) is 12.3. The number of ketones is 1. The zero-order valence-electron chi connectivity index (χ0n) is 9.55. The van der Waals surface area contributed by atoms with Crippen molar-refractivity contribution in [1.29, 1.82) is 0 Å². The average molecular weight is 266 g/mol. The highest BCUT2D eigenvalue weighted by Gasteiger charge is 2.12. The molecule has 17 heavy (non-hydrogen) atoms. The SMILES string of the molecule is CC(N)c1nc(C(=O)CCc2ccsc2)cs1. The van der Waals surface area contributed by atoms with Crippen molar-refractivity contribution in [3.63, 3.8) is 0 Å². The molecule has 2 aromatic rings. The van der Waals surface area contributed by atoms with Crippen LogP contribution in [-0.4, -0.2) is 10.8 Å². The number of Topliss-reactive ketones (excluding diaryl/α,β-unsaturated/α-hetero) is 1. The third-order valence-electron chi connectivity index (χ3n) is 2.42. The maximum absolute atomic E-state index is 11.9. The van der Waals surface area contributed by atoms with Gasteiger partial charge in [0, 0.05) is 11.8 Å². The van der Waals surface area contributed by atoms with E-state index in [2.05, 4.69) is 10.4 Å². The van der Waals surface area contributed by atoms with Crippen molar-refractivity contribution in [3.05, 3.63) is 38.5 Å². The first-order valence-corrected chi connectivity index (χ1v) is 7.24. The van der Waals surface area contributed by atoms with Crippen LogP contribution >= 0.6 is 22.7 Å². The number of thiophene rings is 1. The highest BCUT2D eigenvalue weighted by molar-refractivity contribution is 7.10. The third-order valence-corrected chi connectivity index (χ3v) is 4.20. The van der Waals surface area contributed by atoms with Crippen molar-refractivity contribution in [2.75, 3.05) is 0 Å². The van der Waals surface area contributed by atoms with Gasteiger partial charge in [-0.25, -0.2) is 4.98 Å². The minimum absolute atomic E-state index is 0.0966. The molecule has 0 radical (unpaired) electrons. The van der Waals surface area contributed by atoms with Gasteiger partial charge in [-0.1, -0.05) is 0 Å². The molecule has 0 aromatic carbocycles. The second-order valence-corrected chi connectivity index (χ2v) is 5.58. The van der Waals surface area contributed by atoms with Crippen LogP contribution in [0.1, 0.15) is 40.4 Å². The molecule has 0 fully saturated rings. The van der Waals surface area contributed by atoms with Crippen LogP contribution in [0.15, 0.2) is 22.2 Å². The van der Waals surface area contributed by atoms with Crippen molar-refractivity contribution < 1.29 is 4.79 Å². The molecule has 0 aliphatic rings. The Labute approximate surface area is 108 Å². The van der Waals surface area contributed by atoms with Gasteiger partial charge >= 0.3 is 0 Å². The molecule has 2 N–H and O–H groups in total. The van der Waals surface area contributed by atoms with Gasteiger partial charge in [-0.15, -0.1) is 11.3 Å². The molecule has 0 aliphatic heterocycles. The normalized spacial score (nSPS) is 12.6. The number of thiazole rings is 1. The summed E-state index contributed by atoms with van der Waals surface area (Å²) in [6, 6.07) is 1.95. The first-order valence-electron chi connectivity index (χ1n) is 5.42. The summed E-state index contributed by atoms with van der Waals surface area (Å²) >= 11 is 3.11. The van der Waals surface area contributed by atoms with Crippen LogP contribution in [0.4, 0.5) is 0 Å². The van der Waals surface area contributed by atoms with Crippen molar-refractivity contribution >= 4 is 28.5 Å². The summed E-state index contributed by atoms with van der Waals surface area (Å²) in [7, 11) is 0. The molecule has 0 bridgehead atoms. The Balaban J connectivity index is 1.95. The van der Waals surface area contributed by atoms with Crippen LogP contribution in [0, 0.1) is 0 Å². The minimum Gasteiger partial charge on any atom is -0.322 e. The van der Waals surface area contributed by atoms with Crippen molar-refractivity contribution in [2.45, 2.75) is 25.8 Å². The molecule has 90 valence electrons. The Morgan fingerprint density at radius 3 is 2.94 bits per heavy atom. The Bertz CT molecular complexity index is 488. The lowest BCUT2D eigenvalue weighted by Crippen LogP contribution is -2.06. The standard InChI is InChI=1S/C12H14N2OS2/c1-8(13)12-14-10(7-17-12)11(15)3-2-9-4-5-16-6-9/h4-8H,2-3,13H2,1H3. The fourth-order valence-corrected chi connectivity index (χ4v) is 2.93. The maximum atomic E-state index is 11.9. The lowest BCUT2D eigenvalue weighted by Gasteiger charge is -1.98. The Morgan fingerprint density at radius 2 is 2.35 bits per heavy atom. The molecule has 0 amide bonds. The smallest absolute Gasteiger partial charge is 0.182 e. The van der Waals surface area contributed by atoms with E-state index in [1.54, 1.807) is 16.7 Å². The number of rotatable bonds is 5. The summed E-state index contributed by atoms with van der Waals surface area (Å²) in [5.41, 5.74) is 7.48. The third kappa shape index (κ3) is 3.21. The number of aromatic nitrogens is 1. The van der Waals surface area contributed by atoms with E-state index < -0.39 is 0 Å². The van der Waals surface area contributed by atoms with E-state index in [0.717, 1.165) is 11.4 Å². The van der Waals surface area contributed by atoms with Crippen LogP contribution in [0.2, 0.25) is 0 Å². The predicted molar refractivity (Wildman–Crippen MR) is 71.7 cm³/mol. The van der Waals surface area contributed by atoms with Crippen LogP contribution < -0.4 is 5.73 Å². The summed E-state index contributed by atoms with van der Waals surface area (Å²) in [5, 5.41) is 6.72. The number of carbonyl (C=O) groups is 1. The highest BCUT2D eigenvalue weighted by atomic mass is 32.1. The van der Waals surface area contributed by atoms with E-state index in [4.69, 9.17) is 5.73 Å². The van der Waals surface area contributed by atoms with E-state index in [1.165, 1.54) is 16.9 Å². The van der Waals surface area contributed by atoms with Gasteiger partial charge in [-0.05, 0) is 35.7 Å². The number of hydrogen-bond acceptors (Lipinski definition) is 5. The predicted octanol–water partition coefficient (Wildman–Crippen LogP) is 3.04. The fourth-order valence-electron chi connectivity index (χ4n) is 1.45. The first-order chi connectivity index (χ1) is 8.16. The number of hydrogen-bond donors (Lipinski definition) is 1. The molecule has 1 unspecified atom stereocenters. The zero-order valence-corrected chi connectivity index (χ0v) is 11.2. The van der Waals surface area contributed by atoms with Crippen LogP contribution in [0.5, 0.6) is 0 Å². The molecule has 1 atom stereocenters. The quantitative estimate of drug-likeness (QED) is 0.846. The monoisotopic (exact) mass is 266 g/mol. The van der Waals surface area contributed by atoms with Gasteiger partial charge in [-0.3, -0.25) is 4.79 Å². The number of aryl methyl sites for hydroxylation is 1. The topological polar surface area (TPSA) is 56.0 Å². The van der Waals surface area contributed by atoms with Gasteiger partial charge in [0.25, 0.3) is 0 Å². The summed E-state index contributed by atoms with van der Waals surface area (Å²) in [4.78, 5) is 16.1. The van der Waals surface area contributed by atoms with Crippen LogP contribution in [0.3, 0.4) is 0 Å². The van der Waals surface area contributed by atoms with Gasteiger partial charge in [0.1, 0.15) is 10.7 Å². The lowest BCUT2D eigenvalue weighted by molar-refractivity contribution is 0.0978. The van der Waals surface area contributed by atoms with Gasteiger partial charge in [0.2, 0.25) is 0 Å². The molecule has 2 rings (SSSR count). The van der Waals surface area contributed by atoms with Gasteiger partial charge in [0.15, 0.2) is 5.78 Å². The second kappa shape index (κ2) is 5.53. The molecule has 2 aromatic heterocycles. The second-order valence-electron chi connectivity index (χ2n) is 3.91. The summed E-state index contributed by atoms with van der Waals surface area (Å²) in [5.74, 6) is 0.0966. The molecule has 0 saturated carbocycles. The van der Waals surface area contributed by atoms with E-state index >= 15 is 0 Å². The molecule has 0 saturated heterocycles. The van der Waals surface area contributed by atoms with Gasteiger partial charge in [0.05, 0.1) is 6.04 Å². The molecule has 0 spiro atoms. The number of carbonyl (C=O) groups excluding carboxylic acids is 1. The number of nitrogens with two attached hydrogens (primary N) is 1. The van der Waals surface area contributed by atoms with Crippen molar-refractivity contribution in [1.82, 2.24) is 4.98 Å². The summed E-state index contributed by atoms with van der Waals surface area (Å²) < 4.78 is 0. The van der Waals surface area contributed by atoms with Crippen LogP contribution in [-0.2, 0) is 6.42 Å². The number of nitrogens with zero attached hydrogens (tertiary/aromatic N) is 1. The van der Waals surface area contributed by atoms with E-state index in [9.17, 15) is 4.79 Å². The van der Waals surface area contributed by atoms with Gasteiger partial charge in [-0.2, -0.15) is 11.3 Å². The molecule has 0 aliphatic carbocycles. The highest BCUT2D eigenvalue weighted by Crippen LogP contribution is 2.18. The Kier molecular flexibility index (Phi) is 4.04. The largest absolute Gasteiger partial charge is 0.322 e. The van der Waals surface area contributed by atoms with Crippen LogP contribution in [0.25, 0.3) is 0 Å². The van der Waals surface area contributed by atoms with E-state index in [0.29, 0.717) is 12.1 Å².